The second-order valence-corrected chi connectivity index (χ2v) is 7.02. The Bertz CT molecular complexity index is 662. The molecule has 2 atom stereocenters. The molecule has 22 heavy (non-hydrogen) atoms. The second kappa shape index (κ2) is 6.59. The average molecular weight is 329 g/mol. The Kier molecular flexibility index (Phi) is 4.99. The molecule has 1 aliphatic rings. The number of hydrogen-bond acceptors (Lipinski definition) is 6. The third-order valence-electron chi connectivity index (χ3n) is 3.98. The molecule has 0 aromatic heterocycles. The molecule has 1 aromatic carbocycles. The Labute approximate surface area is 128 Å². The molecule has 4 N–H and O–H groups in total. The second-order valence-electron chi connectivity index (χ2n) is 5.46. The number of hydrogen-bond donors (Lipinski definition) is 3. The van der Waals surface area contributed by atoms with E-state index < -0.39 is 14.9 Å². The molecular formula is C13H19N3O5S. The van der Waals surface area contributed by atoms with E-state index in [1.807, 2.05) is 0 Å². The molecule has 0 radical (unpaired) electrons. The van der Waals surface area contributed by atoms with E-state index in [1.54, 1.807) is 0 Å². The molecule has 1 aliphatic carbocycles. The number of primary sulfonamides is 1. The zero-order valence-electron chi connectivity index (χ0n) is 11.9. The largest absolute Gasteiger partial charge is 0.396 e. The minimum absolute atomic E-state index is 0.0146. The SMILES string of the molecule is NS(=O)(=O)c1ccc(N[C@H]2CCCC[C@H]2CO)c([N+](=O)[O-])c1. The smallest absolute Gasteiger partial charge is 0.293 e. The Morgan fingerprint density at radius 2 is 2.05 bits per heavy atom. The first-order valence-corrected chi connectivity index (χ1v) is 8.56. The van der Waals surface area contributed by atoms with Crippen LogP contribution in [0.2, 0.25) is 0 Å². The highest BCUT2D eigenvalue weighted by molar-refractivity contribution is 7.89. The van der Waals surface area contributed by atoms with Crippen LogP contribution in [0, 0.1) is 16.0 Å². The maximum absolute atomic E-state index is 11.3. The van der Waals surface area contributed by atoms with Gasteiger partial charge in [-0.1, -0.05) is 12.8 Å². The van der Waals surface area contributed by atoms with Gasteiger partial charge in [0.05, 0.1) is 9.82 Å². The summed E-state index contributed by atoms with van der Waals surface area (Å²) in [5.41, 5.74) is -0.100. The molecule has 1 saturated carbocycles. The summed E-state index contributed by atoms with van der Waals surface area (Å²) in [5.74, 6) is 0.0336. The van der Waals surface area contributed by atoms with Crippen molar-refractivity contribution < 1.29 is 18.4 Å². The summed E-state index contributed by atoms with van der Waals surface area (Å²) in [7, 11) is -4.00. The van der Waals surface area contributed by atoms with Gasteiger partial charge in [0.2, 0.25) is 10.0 Å². The normalized spacial score (nSPS) is 22.3. The fourth-order valence-corrected chi connectivity index (χ4v) is 3.31. The van der Waals surface area contributed by atoms with E-state index in [-0.39, 0.29) is 34.8 Å². The monoisotopic (exact) mass is 329 g/mol. The Balaban J connectivity index is 2.32. The van der Waals surface area contributed by atoms with Gasteiger partial charge in [0.25, 0.3) is 5.69 Å². The van der Waals surface area contributed by atoms with Gasteiger partial charge >= 0.3 is 0 Å². The predicted molar refractivity (Wildman–Crippen MR) is 80.9 cm³/mol. The lowest BCUT2D eigenvalue weighted by atomic mass is 9.85. The quantitative estimate of drug-likeness (QED) is 0.548. The molecule has 0 amide bonds. The van der Waals surface area contributed by atoms with Crippen molar-refractivity contribution in [2.24, 2.45) is 11.1 Å². The van der Waals surface area contributed by atoms with Crippen molar-refractivity contribution in [3.8, 4) is 0 Å². The highest BCUT2D eigenvalue weighted by Gasteiger charge is 2.27. The summed E-state index contributed by atoms with van der Waals surface area (Å²) < 4.78 is 22.6. The number of benzene rings is 1. The third-order valence-corrected chi connectivity index (χ3v) is 4.89. The Morgan fingerprint density at radius 3 is 2.64 bits per heavy atom. The number of nitro benzene ring substituents is 1. The van der Waals surface area contributed by atoms with Crippen LogP contribution in [0.5, 0.6) is 0 Å². The molecule has 122 valence electrons. The van der Waals surface area contributed by atoms with Gasteiger partial charge in [0.1, 0.15) is 5.69 Å². The van der Waals surface area contributed by atoms with Gasteiger partial charge in [0, 0.05) is 24.6 Å². The Morgan fingerprint density at radius 1 is 1.36 bits per heavy atom. The maximum Gasteiger partial charge on any atom is 0.293 e. The van der Waals surface area contributed by atoms with Crippen LogP contribution < -0.4 is 10.5 Å². The first-order chi connectivity index (χ1) is 10.3. The van der Waals surface area contributed by atoms with E-state index in [2.05, 4.69) is 5.32 Å². The van der Waals surface area contributed by atoms with E-state index in [0.29, 0.717) is 0 Å². The van der Waals surface area contributed by atoms with Crippen LogP contribution >= 0.6 is 0 Å². The van der Waals surface area contributed by atoms with E-state index in [9.17, 15) is 23.6 Å². The minimum atomic E-state index is -4.00. The molecule has 9 heteroatoms. The van der Waals surface area contributed by atoms with E-state index >= 15 is 0 Å². The molecular weight excluding hydrogens is 310 g/mol. The van der Waals surface area contributed by atoms with Crippen molar-refractivity contribution in [1.29, 1.82) is 0 Å². The van der Waals surface area contributed by atoms with E-state index in [0.717, 1.165) is 31.7 Å². The number of nitrogens with one attached hydrogen (secondary N) is 1. The summed E-state index contributed by atoms with van der Waals surface area (Å²) >= 11 is 0. The molecule has 0 bridgehead atoms. The zero-order valence-corrected chi connectivity index (χ0v) is 12.8. The fourth-order valence-electron chi connectivity index (χ4n) is 2.78. The molecule has 2 rings (SSSR count). The standard InChI is InChI=1S/C13H19N3O5S/c14-22(20,21)10-5-6-12(13(7-10)16(18)19)15-11-4-2-1-3-9(11)8-17/h5-7,9,11,15,17H,1-4,8H2,(H2,14,20,21)/t9-,11-/m0/s1. The van der Waals surface area contributed by atoms with Gasteiger partial charge in [-0.25, -0.2) is 13.6 Å². The first kappa shape index (κ1) is 16.7. The highest BCUT2D eigenvalue weighted by atomic mass is 32.2. The van der Waals surface area contributed by atoms with Crippen LogP contribution in [-0.4, -0.2) is 31.1 Å². The van der Waals surface area contributed by atoms with E-state index in [4.69, 9.17) is 5.14 Å². The first-order valence-electron chi connectivity index (χ1n) is 7.01. The highest BCUT2D eigenvalue weighted by Crippen LogP contribution is 2.32. The number of rotatable bonds is 5. The van der Waals surface area contributed by atoms with Crippen molar-refractivity contribution in [3.05, 3.63) is 28.3 Å². The molecule has 0 heterocycles. The fraction of sp³-hybridized carbons (Fsp3) is 0.538. The van der Waals surface area contributed by atoms with Gasteiger partial charge in [-0.2, -0.15) is 0 Å². The van der Waals surface area contributed by atoms with Crippen molar-refractivity contribution in [2.45, 2.75) is 36.6 Å². The van der Waals surface area contributed by atoms with Crippen molar-refractivity contribution in [1.82, 2.24) is 0 Å². The van der Waals surface area contributed by atoms with Crippen molar-refractivity contribution >= 4 is 21.4 Å². The van der Waals surface area contributed by atoms with Crippen LogP contribution in [0.25, 0.3) is 0 Å². The lowest BCUT2D eigenvalue weighted by Crippen LogP contribution is -2.34. The number of aliphatic hydroxyl groups is 1. The lowest BCUT2D eigenvalue weighted by Gasteiger charge is -2.31. The minimum Gasteiger partial charge on any atom is -0.396 e. The zero-order chi connectivity index (χ0) is 16.3. The van der Waals surface area contributed by atoms with Gasteiger partial charge in [-0.3, -0.25) is 10.1 Å². The number of nitro groups is 1. The van der Waals surface area contributed by atoms with Crippen LogP contribution in [0.1, 0.15) is 25.7 Å². The summed E-state index contributed by atoms with van der Waals surface area (Å²) in [4.78, 5) is 10.2. The number of nitrogens with zero attached hydrogens (tertiary/aromatic N) is 1. The van der Waals surface area contributed by atoms with E-state index in [1.165, 1.54) is 12.1 Å². The summed E-state index contributed by atoms with van der Waals surface area (Å²) in [6.07, 6.45) is 3.67. The average Bonchev–Trinajstić information content (AvgIpc) is 2.46. The van der Waals surface area contributed by atoms with Gasteiger partial charge in [-0.05, 0) is 25.0 Å². The van der Waals surface area contributed by atoms with Crippen molar-refractivity contribution in [2.75, 3.05) is 11.9 Å². The topological polar surface area (TPSA) is 136 Å². The number of sulfonamides is 1. The Hall–Kier alpha value is -1.71. The van der Waals surface area contributed by atoms with Gasteiger partial charge in [-0.15, -0.1) is 0 Å². The molecule has 0 saturated heterocycles. The van der Waals surface area contributed by atoms with Crippen LogP contribution in [0.4, 0.5) is 11.4 Å². The number of aliphatic hydroxyl groups excluding tert-OH is 1. The molecule has 0 spiro atoms. The van der Waals surface area contributed by atoms with Gasteiger partial charge < -0.3 is 10.4 Å². The molecule has 1 aromatic rings. The molecule has 8 nitrogen and oxygen atoms in total. The van der Waals surface area contributed by atoms with Gasteiger partial charge in [0.15, 0.2) is 0 Å². The maximum atomic E-state index is 11.3. The molecule has 0 aliphatic heterocycles. The summed E-state index contributed by atoms with van der Waals surface area (Å²) in [5, 5.41) is 28.6. The molecule has 1 fully saturated rings. The van der Waals surface area contributed by atoms with Crippen LogP contribution in [0.3, 0.4) is 0 Å². The third kappa shape index (κ3) is 3.73. The van der Waals surface area contributed by atoms with Crippen molar-refractivity contribution in [3.63, 3.8) is 0 Å². The number of anilines is 1. The summed E-state index contributed by atoms with van der Waals surface area (Å²) in [6, 6.07) is 3.47. The predicted octanol–water partition coefficient (Wildman–Crippen LogP) is 1.21. The summed E-state index contributed by atoms with van der Waals surface area (Å²) in [6.45, 7) is 0.0146. The van der Waals surface area contributed by atoms with Crippen LogP contribution in [-0.2, 0) is 10.0 Å². The lowest BCUT2D eigenvalue weighted by molar-refractivity contribution is -0.384. The van der Waals surface area contributed by atoms with Crippen LogP contribution in [0.15, 0.2) is 23.1 Å². The number of nitrogens with two attached hydrogens (primary N) is 1. The molecule has 0 unspecified atom stereocenters.